The number of nitro groups is 1. The van der Waals surface area contributed by atoms with E-state index >= 15 is 0 Å². The van der Waals surface area contributed by atoms with E-state index in [1.165, 1.54) is 12.8 Å². The highest BCUT2D eigenvalue weighted by Crippen LogP contribution is 2.39. The maximum Gasteiger partial charge on any atom is 0.269 e. The zero-order valence-electron chi connectivity index (χ0n) is 15.7. The summed E-state index contributed by atoms with van der Waals surface area (Å²) in [6.45, 7) is 8.76. The Morgan fingerprint density at radius 1 is 1.21 bits per heavy atom. The summed E-state index contributed by atoms with van der Waals surface area (Å²) in [7, 11) is 0. The van der Waals surface area contributed by atoms with Crippen LogP contribution < -0.4 is 4.90 Å². The van der Waals surface area contributed by atoms with Gasteiger partial charge in [0.1, 0.15) is 5.82 Å². The summed E-state index contributed by atoms with van der Waals surface area (Å²) in [5.41, 5.74) is 1.14. The van der Waals surface area contributed by atoms with E-state index in [0.29, 0.717) is 19.1 Å². The minimum absolute atomic E-state index is 0.123. The van der Waals surface area contributed by atoms with E-state index in [9.17, 15) is 10.1 Å². The highest BCUT2D eigenvalue weighted by Gasteiger charge is 2.30. The molecule has 2 aliphatic rings. The van der Waals surface area contributed by atoms with Gasteiger partial charge in [-0.2, -0.15) is 5.10 Å². The van der Waals surface area contributed by atoms with Crippen LogP contribution in [0.15, 0.2) is 36.9 Å². The summed E-state index contributed by atoms with van der Waals surface area (Å²) in [4.78, 5) is 15.0. The zero-order chi connectivity index (χ0) is 19.7. The van der Waals surface area contributed by atoms with Gasteiger partial charge in [-0.05, 0) is 37.2 Å². The maximum atomic E-state index is 10.8. The number of piperazine rings is 1. The number of nitro benzene ring substituents is 1. The zero-order valence-corrected chi connectivity index (χ0v) is 16.6. The third kappa shape index (κ3) is 3.85. The summed E-state index contributed by atoms with van der Waals surface area (Å²) >= 11 is 5.65. The number of benzene rings is 1. The van der Waals surface area contributed by atoms with Crippen molar-refractivity contribution in [2.24, 2.45) is 0 Å². The molecule has 1 aliphatic carbocycles. The molecule has 9 heteroatoms. The first-order chi connectivity index (χ1) is 13.6. The summed E-state index contributed by atoms with van der Waals surface area (Å²) in [5.74, 6) is 1.64. The molecule has 0 atom stereocenters. The van der Waals surface area contributed by atoms with Gasteiger partial charge in [0.15, 0.2) is 4.77 Å². The first kappa shape index (κ1) is 18.8. The predicted molar refractivity (Wildman–Crippen MR) is 110 cm³/mol. The molecule has 2 heterocycles. The number of non-ortho nitro benzene ring substituents is 1. The van der Waals surface area contributed by atoms with Crippen molar-refractivity contribution in [2.45, 2.75) is 32.0 Å². The Morgan fingerprint density at radius 3 is 2.46 bits per heavy atom. The van der Waals surface area contributed by atoms with Crippen molar-refractivity contribution < 1.29 is 4.92 Å². The van der Waals surface area contributed by atoms with Crippen molar-refractivity contribution in [1.29, 1.82) is 0 Å². The van der Waals surface area contributed by atoms with E-state index in [2.05, 4.69) is 20.9 Å². The topological polar surface area (TPSA) is 72.4 Å². The smallest absolute Gasteiger partial charge is 0.269 e. The minimum Gasteiger partial charge on any atom is -0.369 e. The Bertz CT molecular complexity index is 923. The summed E-state index contributed by atoms with van der Waals surface area (Å²) in [6.07, 6.45) is 4.25. The van der Waals surface area contributed by atoms with Crippen LogP contribution in [0.3, 0.4) is 0 Å². The second-order valence-electron chi connectivity index (χ2n) is 7.33. The number of rotatable bonds is 7. The fourth-order valence-electron chi connectivity index (χ4n) is 3.62. The van der Waals surface area contributed by atoms with Gasteiger partial charge >= 0.3 is 0 Å². The van der Waals surface area contributed by atoms with Gasteiger partial charge in [-0.3, -0.25) is 19.6 Å². The molecule has 8 nitrogen and oxygen atoms in total. The van der Waals surface area contributed by atoms with Crippen molar-refractivity contribution in [3.8, 4) is 0 Å². The van der Waals surface area contributed by atoms with Crippen LogP contribution in [0.4, 0.5) is 11.4 Å². The third-order valence-electron chi connectivity index (χ3n) is 5.34. The van der Waals surface area contributed by atoms with Crippen molar-refractivity contribution >= 4 is 23.6 Å². The second kappa shape index (κ2) is 7.84. The molecule has 0 spiro atoms. The quantitative estimate of drug-likeness (QED) is 0.308. The summed E-state index contributed by atoms with van der Waals surface area (Å²) in [6, 6.07) is 6.77. The molecule has 2 fully saturated rings. The SMILES string of the molecule is C=CCn1c(C2CC2)nn(CN2CCN(c3ccc([N+](=O)[O-])cc3)CC2)c1=S. The normalized spacial score (nSPS) is 17.6. The number of nitrogens with zero attached hydrogens (tertiary/aromatic N) is 6. The lowest BCUT2D eigenvalue weighted by molar-refractivity contribution is -0.384. The molecule has 0 radical (unpaired) electrons. The van der Waals surface area contributed by atoms with Crippen LogP contribution in [0.1, 0.15) is 24.6 Å². The molecule has 0 unspecified atom stereocenters. The van der Waals surface area contributed by atoms with E-state index in [-0.39, 0.29) is 10.6 Å². The first-order valence-corrected chi connectivity index (χ1v) is 9.98. The average Bonchev–Trinajstić information content (AvgIpc) is 3.50. The van der Waals surface area contributed by atoms with E-state index < -0.39 is 0 Å². The summed E-state index contributed by atoms with van der Waals surface area (Å²) < 4.78 is 4.81. The fraction of sp³-hybridized carbons (Fsp3) is 0.474. The molecule has 0 amide bonds. The van der Waals surface area contributed by atoms with Crippen LogP contribution in [0, 0.1) is 14.9 Å². The van der Waals surface area contributed by atoms with Gasteiger partial charge in [0, 0.05) is 56.5 Å². The van der Waals surface area contributed by atoms with Crippen molar-refractivity contribution in [1.82, 2.24) is 19.2 Å². The van der Waals surface area contributed by atoms with E-state index in [1.807, 2.05) is 22.9 Å². The number of hydrogen-bond donors (Lipinski definition) is 0. The van der Waals surface area contributed by atoms with Gasteiger partial charge in [0.2, 0.25) is 0 Å². The highest BCUT2D eigenvalue weighted by molar-refractivity contribution is 7.71. The monoisotopic (exact) mass is 400 g/mol. The molecule has 0 bridgehead atoms. The van der Waals surface area contributed by atoms with Gasteiger partial charge in [0.25, 0.3) is 5.69 Å². The van der Waals surface area contributed by atoms with E-state index in [1.54, 1.807) is 12.1 Å². The van der Waals surface area contributed by atoms with E-state index in [0.717, 1.165) is 42.5 Å². The highest BCUT2D eigenvalue weighted by atomic mass is 32.1. The molecular weight excluding hydrogens is 376 g/mol. The van der Waals surface area contributed by atoms with Crippen LogP contribution in [-0.2, 0) is 13.2 Å². The lowest BCUT2D eigenvalue weighted by Gasteiger charge is -2.35. The summed E-state index contributed by atoms with van der Waals surface area (Å²) in [5, 5.41) is 15.6. The number of hydrogen-bond acceptors (Lipinski definition) is 6. The average molecular weight is 401 g/mol. The Labute approximate surface area is 168 Å². The minimum atomic E-state index is -0.368. The molecule has 148 valence electrons. The van der Waals surface area contributed by atoms with Gasteiger partial charge in [-0.1, -0.05) is 6.08 Å². The Balaban J connectivity index is 1.39. The number of aromatic nitrogens is 3. The molecule has 1 saturated carbocycles. The molecule has 4 rings (SSSR count). The lowest BCUT2D eigenvalue weighted by Crippen LogP contribution is -2.47. The molecule has 1 aliphatic heterocycles. The van der Waals surface area contributed by atoms with E-state index in [4.69, 9.17) is 17.3 Å². The van der Waals surface area contributed by atoms with Gasteiger partial charge < -0.3 is 4.90 Å². The molecular formula is C19H24N6O2S. The first-order valence-electron chi connectivity index (χ1n) is 9.57. The van der Waals surface area contributed by atoms with Crippen molar-refractivity contribution in [3.63, 3.8) is 0 Å². The van der Waals surface area contributed by atoms with Crippen LogP contribution in [0.5, 0.6) is 0 Å². The number of allylic oxidation sites excluding steroid dienone is 1. The standard InChI is InChI=1S/C19H24N6O2S/c1-2-9-23-18(15-3-4-15)20-24(19(23)28)14-21-10-12-22(13-11-21)16-5-7-17(8-6-16)25(26)27/h2,5-8,15H,1,3-4,9-14H2. The van der Waals surface area contributed by atoms with Crippen LogP contribution >= 0.6 is 12.2 Å². The predicted octanol–water partition coefficient (Wildman–Crippen LogP) is 3.17. The fourth-order valence-corrected chi connectivity index (χ4v) is 3.88. The molecule has 28 heavy (non-hydrogen) atoms. The molecule has 1 saturated heterocycles. The Hall–Kier alpha value is -2.52. The maximum absolute atomic E-state index is 10.8. The molecule has 1 aromatic heterocycles. The van der Waals surface area contributed by atoms with Crippen molar-refractivity contribution in [3.05, 3.63) is 57.6 Å². The second-order valence-corrected chi connectivity index (χ2v) is 7.70. The molecule has 0 N–H and O–H groups in total. The van der Waals surface area contributed by atoms with Gasteiger partial charge in [0.05, 0.1) is 11.6 Å². The Morgan fingerprint density at radius 2 is 1.89 bits per heavy atom. The van der Waals surface area contributed by atoms with Crippen LogP contribution in [-0.4, -0.2) is 50.3 Å². The van der Waals surface area contributed by atoms with Gasteiger partial charge in [-0.15, -0.1) is 6.58 Å². The largest absolute Gasteiger partial charge is 0.369 e. The number of anilines is 1. The molecule has 1 aromatic carbocycles. The van der Waals surface area contributed by atoms with Crippen molar-refractivity contribution in [2.75, 3.05) is 31.1 Å². The van der Waals surface area contributed by atoms with Crippen LogP contribution in [0.2, 0.25) is 0 Å². The van der Waals surface area contributed by atoms with Gasteiger partial charge in [-0.25, -0.2) is 4.68 Å². The molecule has 2 aromatic rings. The third-order valence-corrected chi connectivity index (χ3v) is 5.77. The Kier molecular flexibility index (Phi) is 5.27. The lowest BCUT2D eigenvalue weighted by atomic mass is 10.2. The van der Waals surface area contributed by atoms with Crippen LogP contribution in [0.25, 0.3) is 0 Å².